The van der Waals surface area contributed by atoms with E-state index in [4.69, 9.17) is 0 Å². The number of aromatic nitrogens is 3. The van der Waals surface area contributed by atoms with Crippen molar-refractivity contribution in [2.24, 2.45) is 0 Å². The van der Waals surface area contributed by atoms with Crippen LogP contribution in [0.15, 0.2) is 42.7 Å². The molecule has 4 heterocycles. The molecule has 2 aliphatic rings. The Bertz CT molecular complexity index is 1000. The summed E-state index contributed by atoms with van der Waals surface area (Å²) in [5.41, 5.74) is 4.11. The Morgan fingerprint density at radius 2 is 2.00 bits per heavy atom. The smallest absolute Gasteiger partial charge is 0.255 e. The van der Waals surface area contributed by atoms with Crippen LogP contribution in [0.25, 0.3) is 11.0 Å². The standard InChI is InChI=1S/C21H23N5O/c1-25-8-6-21(7-9-25)14-26(13-15-4-2-3-5-18(15)21)20(27)17-10-16-12-23-24-19(16)22-11-17/h2-5,10-12H,6-9,13-14H2,1H3,(H,22,23,24). The summed E-state index contributed by atoms with van der Waals surface area (Å²) in [6.07, 6.45) is 5.54. The van der Waals surface area contributed by atoms with E-state index < -0.39 is 0 Å². The van der Waals surface area contributed by atoms with Gasteiger partial charge in [-0.2, -0.15) is 5.10 Å². The van der Waals surface area contributed by atoms with Crippen molar-refractivity contribution >= 4 is 16.9 Å². The topological polar surface area (TPSA) is 65.1 Å². The average Bonchev–Trinajstić information content (AvgIpc) is 3.17. The molecule has 27 heavy (non-hydrogen) atoms. The third kappa shape index (κ3) is 2.72. The number of pyridine rings is 1. The van der Waals surface area contributed by atoms with Crippen LogP contribution in [0.5, 0.6) is 0 Å². The van der Waals surface area contributed by atoms with E-state index in [1.165, 1.54) is 11.1 Å². The Morgan fingerprint density at radius 3 is 2.85 bits per heavy atom. The zero-order valence-electron chi connectivity index (χ0n) is 15.5. The molecule has 1 saturated heterocycles. The number of carbonyl (C=O) groups excluding carboxylic acids is 1. The van der Waals surface area contributed by atoms with Crippen molar-refractivity contribution in [2.45, 2.75) is 24.8 Å². The van der Waals surface area contributed by atoms with Crippen molar-refractivity contribution in [3.63, 3.8) is 0 Å². The Labute approximate surface area is 158 Å². The Morgan fingerprint density at radius 1 is 1.19 bits per heavy atom. The van der Waals surface area contributed by atoms with Gasteiger partial charge in [0.15, 0.2) is 5.65 Å². The SMILES string of the molecule is CN1CCC2(CC1)CN(C(=O)c1cnc3[nH]ncc3c1)Cc1ccccc12. The molecule has 0 saturated carbocycles. The van der Waals surface area contributed by atoms with Crippen molar-refractivity contribution in [2.75, 3.05) is 26.7 Å². The lowest BCUT2D eigenvalue weighted by molar-refractivity contribution is 0.0598. The molecule has 1 N–H and O–H groups in total. The molecule has 2 aromatic heterocycles. The maximum Gasteiger partial charge on any atom is 0.255 e. The summed E-state index contributed by atoms with van der Waals surface area (Å²) in [5, 5.41) is 7.71. The number of aromatic amines is 1. The van der Waals surface area contributed by atoms with Crippen LogP contribution in [0.2, 0.25) is 0 Å². The van der Waals surface area contributed by atoms with Crippen molar-refractivity contribution in [1.29, 1.82) is 0 Å². The van der Waals surface area contributed by atoms with Crippen LogP contribution >= 0.6 is 0 Å². The van der Waals surface area contributed by atoms with Gasteiger partial charge in [0.05, 0.1) is 11.8 Å². The van der Waals surface area contributed by atoms with Crippen LogP contribution < -0.4 is 0 Å². The lowest BCUT2D eigenvalue weighted by atomic mass is 9.69. The first-order valence-corrected chi connectivity index (χ1v) is 9.50. The summed E-state index contributed by atoms with van der Waals surface area (Å²) in [5.74, 6) is 0.0541. The molecule has 1 spiro atoms. The molecule has 138 valence electrons. The Hall–Kier alpha value is -2.73. The predicted octanol–water partition coefficient (Wildman–Crippen LogP) is 2.58. The molecule has 6 nitrogen and oxygen atoms in total. The highest BCUT2D eigenvalue weighted by atomic mass is 16.2. The van der Waals surface area contributed by atoms with Crippen LogP contribution in [0.4, 0.5) is 0 Å². The van der Waals surface area contributed by atoms with E-state index in [2.05, 4.69) is 51.4 Å². The number of likely N-dealkylation sites (tertiary alicyclic amines) is 1. The lowest BCUT2D eigenvalue weighted by Crippen LogP contribution is -2.52. The van der Waals surface area contributed by atoms with Crippen LogP contribution in [-0.4, -0.2) is 57.6 Å². The quantitative estimate of drug-likeness (QED) is 0.724. The second kappa shape index (κ2) is 6.16. The van der Waals surface area contributed by atoms with Gasteiger partial charge in [-0.1, -0.05) is 24.3 Å². The second-order valence-electron chi connectivity index (χ2n) is 7.93. The number of hydrogen-bond acceptors (Lipinski definition) is 4. The molecule has 5 rings (SSSR count). The van der Waals surface area contributed by atoms with Crippen LogP contribution in [0.3, 0.4) is 0 Å². The highest BCUT2D eigenvalue weighted by molar-refractivity contribution is 5.97. The first kappa shape index (κ1) is 16.4. The highest BCUT2D eigenvalue weighted by Gasteiger charge is 2.42. The average molecular weight is 361 g/mol. The van der Waals surface area contributed by atoms with E-state index in [-0.39, 0.29) is 11.3 Å². The largest absolute Gasteiger partial charge is 0.333 e. The number of benzene rings is 1. The molecule has 3 aromatic rings. The summed E-state index contributed by atoms with van der Waals surface area (Å²) in [4.78, 5) is 22.0. The number of nitrogens with one attached hydrogen (secondary N) is 1. The molecular formula is C21H23N5O. The summed E-state index contributed by atoms with van der Waals surface area (Å²) >= 11 is 0. The molecule has 0 aliphatic carbocycles. The Kier molecular flexibility index (Phi) is 3.75. The van der Waals surface area contributed by atoms with Gasteiger partial charge in [0.1, 0.15) is 0 Å². The van der Waals surface area contributed by atoms with Crippen molar-refractivity contribution < 1.29 is 4.79 Å². The van der Waals surface area contributed by atoms with Crippen LogP contribution in [0, 0.1) is 0 Å². The third-order valence-electron chi connectivity index (χ3n) is 6.21. The number of hydrogen-bond donors (Lipinski definition) is 1. The van der Waals surface area contributed by atoms with E-state index in [1.54, 1.807) is 12.4 Å². The highest BCUT2D eigenvalue weighted by Crippen LogP contribution is 2.41. The fourth-order valence-electron chi connectivity index (χ4n) is 4.64. The van der Waals surface area contributed by atoms with Crippen molar-refractivity contribution in [3.8, 4) is 0 Å². The number of nitrogens with zero attached hydrogens (tertiary/aromatic N) is 4. The van der Waals surface area contributed by atoms with Gasteiger partial charge in [-0.25, -0.2) is 4.98 Å². The minimum absolute atomic E-state index is 0.0541. The van der Waals surface area contributed by atoms with Crippen LogP contribution in [-0.2, 0) is 12.0 Å². The van der Waals surface area contributed by atoms with Crippen molar-refractivity contribution in [3.05, 3.63) is 59.4 Å². The van der Waals surface area contributed by atoms with Gasteiger partial charge in [0, 0.05) is 30.1 Å². The number of piperidine rings is 1. The molecule has 1 amide bonds. The van der Waals surface area contributed by atoms with Gasteiger partial charge in [-0.05, 0) is 50.2 Å². The van der Waals surface area contributed by atoms with Crippen molar-refractivity contribution in [1.82, 2.24) is 25.0 Å². The molecule has 0 unspecified atom stereocenters. The first-order chi connectivity index (χ1) is 13.1. The Balaban J connectivity index is 1.51. The van der Waals surface area contributed by atoms with E-state index in [1.807, 2.05) is 11.0 Å². The number of rotatable bonds is 1. The number of amides is 1. The molecule has 1 aromatic carbocycles. The predicted molar refractivity (Wildman–Crippen MR) is 103 cm³/mol. The van der Waals surface area contributed by atoms with Gasteiger partial charge >= 0.3 is 0 Å². The second-order valence-corrected chi connectivity index (χ2v) is 7.93. The van der Waals surface area contributed by atoms with E-state index in [0.29, 0.717) is 17.8 Å². The summed E-state index contributed by atoms with van der Waals surface area (Å²) < 4.78 is 0. The zero-order chi connectivity index (χ0) is 18.4. The van der Waals surface area contributed by atoms with Gasteiger partial charge in [0.25, 0.3) is 5.91 Å². The fourth-order valence-corrected chi connectivity index (χ4v) is 4.64. The van der Waals surface area contributed by atoms with Gasteiger partial charge in [-0.3, -0.25) is 9.89 Å². The fraction of sp³-hybridized carbons (Fsp3) is 0.381. The number of fused-ring (bicyclic) bond motifs is 3. The van der Waals surface area contributed by atoms with E-state index in [0.717, 1.165) is 37.9 Å². The number of carbonyl (C=O) groups is 1. The minimum Gasteiger partial charge on any atom is -0.333 e. The lowest BCUT2D eigenvalue weighted by Gasteiger charge is -2.48. The number of H-pyrrole nitrogens is 1. The zero-order valence-corrected chi connectivity index (χ0v) is 15.5. The monoisotopic (exact) mass is 361 g/mol. The maximum absolute atomic E-state index is 13.3. The van der Waals surface area contributed by atoms with Gasteiger partial charge < -0.3 is 9.80 Å². The summed E-state index contributed by atoms with van der Waals surface area (Å²) in [7, 11) is 2.18. The molecule has 0 atom stereocenters. The molecule has 0 radical (unpaired) electrons. The molecule has 1 fully saturated rings. The molecule has 6 heteroatoms. The summed E-state index contributed by atoms with van der Waals surface area (Å²) in [6, 6.07) is 10.5. The third-order valence-corrected chi connectivity index (χ3v) is 6.21. The molecule has 0 bridgehead atoms. The first-order valence-electron chi connectivity index (χ1n) is 9.50. The maximum atomic E-state index is 13.3. The van der Waals surface area contributed by atoms with E-state index in [9.17, 15) is 4.79 Å². The molecule has 2 aliphatic heterocycles. The minimum atomic E-state index is 0.0541. The normalized spacial score (nSPS) is 19.4. The van der Waals surface area contributed by atoms with Gasteiger partial charge in [-0.15, -0.1) is 0 Å². The van der Waals surface area contributed by atoms with Crippen LogP contribution in [0.1, 0.15) is 34.3 Å². The summed E-state index contributed by atoms with van der Waals surface area (Å²) in [6.45, 7) is 3.58. The van der Waals surface area contributed by atoms with Gasteiger partial charge in [0.2, 0.25) is 0 Å². The molecular weight excluding hydrogens is 338 g/mol. The van der Waals surface area contributed by atoms with E-state index >= 15 is 0 Å².